The Morgan fingerprint density at radius 3 is 2.70 bits per heavy atom. The Balaban J connectivity index is 1.70. The summed E-state index contributed by atoms with van der Waals surface area (Å²) in [6.07, 6.45) is 1.12. The van der Waals surface area contributed by atoms with Gasteiger partial charge in [-0.3, -0.25) is 14.4 Å². The summed E-state index contributed by atoms with van der Waals surface area (Å²) >= 11 is 2.02. The van der Waals surface area contributed by atoms with E-state index in [1.165, 1.54) is 13.2 Å². The van der Waals surface area contributed by atoms with Gasteiger partial charge in [0.2, 0.25) is 11.8 Å². The van der Waals surface area contributed by atoms with Gasteiger partial charge in [-0.1, -0.05) is 12.1 Å². The molecule has 0 radical (unpaired) electrons. The molecule has 0 spiro atoms. The number of aliphatic hydroxyl groups excluding tert-OH is 2. The van der Waals surface area contributed by atoms with E-state index in [1.54, 1.807) is 24.2 Å². The molecule has 1 heterocycles. The van der Waals surface area contributed by atoms with E-state index in [2.05, 4.69) is 5.32 Å². The zero-order chi connectivity index (χ0) is 30.9. The second-order valence-electron chi connectivity index (χ2n) is 10.4. The predicted octanol–water partition coefficient (Wildman–Crippen LogP) is 2.14. The molecule has 0 saturated carbocycles. The smallest absolute Gasteiger partial charge is 0.247 e. The van der Waals surface area contributed by atoms with Gasteiger partial charge in [0.15, 0.2) is 11.5 Å². The first-order chi connectivity index (χ1) is 20.8. The molecular formula is C31H37IN2O9. The van der Waals surface area contributed by atoms with Crippen molar-refractivity contribution in [2.45, 2.75) is 37.5 Å². The molecule has 1 saturated heterocycles. The van der Waals surface area contributed by atoms with E-state index >= 15 is 0 Å². The Labute approximate surface area is 264 Å². The number of aliphatic hydroxyl groups is 2. The molecule has 43 heavy (non-hydrogen) atoms. The summed E-state index contributed by atoms with van der Waals surface area (Å²) in [5, 5.41) is 23.7. The molecule has 0 bridgehead atoms. The van der Waals surface area contributed by atoms with E-state index in [1.807, 2.05) is 46.9 Å². The van der Waals surface area contributed by atoms with Crippen LogP contribution in [0.4, 0.5) is 0 Å². The molecule has 4 rings (SSSR count). The number of carbonyl (C=O) groups excluding carboxylic acids is 3. The van der Waals surface area contributed by atoms with Crippen LogP contribution in [0, 0.1) is 9.49 Å². The lowest BCUT2D eigenvalue weighted by molar-refractivity contribution is -0.142. The lowest BCUT2D eigenvalue weighted by Gasteiger charge is -2.41. The minimum Gasteiger partial charge on any atom is -0.497 e. The molecule has 4 atom stereocenters. The third-order valence-corrected chi connectivity index (χ3v) is 8.40. The number of hydrogen-bond donors (Lipinski definition) is 3. The van der Waals surface area contributed by atoms with Crippen molar-refractivity contribution in [3.05, 3.63) is 62.7 Å². The van der Waals surface area contributed by atoms with Crippen molar-refractivity contribution in [2.75, 3.05) is 47.1 Å². The third kappa shape index (κ3) is 8.05. The van der Waals surface area contributed by atoms with Gasteiger partial charge in [-0.25, -0.2) is 0 Å². The van der Waals surface area contributed by atoms with Crippen LogP contribution in [0.3, 0.4) is 0 Å². The predicted molar refractivity (Wildman–Crippen MR) is 165 cm³/mol. The molecule has 2 amide bonds. The van der Waals surface area contributed by atoms with Crippen LogP contribution < -0.4 is 19.5 Å². The minimum atomic E-state index is -1.21. The van der Waals surface area contributed by atoms with Gasteiger partial charge in [-0.2, -0.15) is 0 Å². The monoisotopic (exact) mass is 708 g/mol. The van der Waals surface area contributed by atoms with Gasteiger partial charge in [0, 0.05) is 37.3 Å². The molecule has 0 aromatic heterocycles. The van der Waals surface area contributed by atoms with E-state index in [0.29, 0.717) is 51.9 Å². The zero-order valence-corrected chi connectivity index (χ0v) is 26.3. The van der Waals surface area contributed by atoms with Crippen molar-refractivity contribution in [3.63, 3.8) is 0 Å². The number of aldehydes is 1. The van der Waals surface area contributed by atoms with Crippen molar-refractivity contribution in [1.29, 1.82) is 0 Å². The Morgan fingerprint density at radius 2 is 2.02 bits per heavy atom. The molecule has 2 aliphatic rings. The summed E-state index contributed by atoms with van der Waals surface area (Å²) in [5.41, 5.74) is 1.65. The van der Waals surface area contributed by atoms with Gasteiger partial charge >= 0.3 is 0 Å². The lowest BCUT2D eigenvalue weighted by Crippen LogP contribution is -2.56. The van der Waals surface area contributed by atoms with Gasteiger partial charge in [-0.15, -0.1) is 0 Å². The minimum absolute atomic E-state index is 0.0473. The van der Waals surface area contributed by atoms with E-state index in [4.69, 9.17) is 18.9 Å². The number of ether oxygens (including phenoxy) is 4. The van der Waals surface area contributed by atoms with Crippen molar-refractivity contribution < 1.29 is 43.5 Å². The highest BCUT2D eigenvalue weighted by Gasteiger charge is 2.42. The quantitative estimate of drug-likeness (QED) is 0.211. The van der Waals surface area contributed by atoms with Crippen molar-refractivity contribution >= 4 is 40.7 Å². The molecule has 2 aromatic carbocycles. The van der Waals surface area contributed by atoms with Crippen LogP contribution >= 0.6 is 22.6 Å². The van der Waals surface area contributed by atoms with E-state index < -0.39 is 24.2 Å². The van der Waals surface area contributed by atoms with Crippen LogP contribution in [-0.4, -0.2) is 98.6 Å². The first-order valence-corrected chi connectivity index (χ1v) is 15.2. The van der Waals surface area contributed by atoms with Crippen LogP contribution in [0.15, 0.2) is 48.0 Å². The number of benzene rings is 2. The third-order valence-electron chi connectivity index (χ3n) is 7.59. The number of methoxy groups -OCH3 is 2. The second kappa shape index (κ2) is 15.5. The number of carbonyl (C=O) groups is 3. The summed E-state index contributed by atoms with van der Waals surface area (Å²) in [6, 6.07) is 9.91. The topological polar surface area (TPSA) is 144 Å². The summed E-state index contributed by atoms with van der Waals surface area (Å²) in [6.45, 7) is 0.845. The molecule has 2 aromatic rings. The fraction of sp³-hybridized carbons (Fsp3) is 0.452. The highest BCUT2D eigenvalue weighted by Crippen LogP contribution is 2.37. The number of rotatable bonds is 13. The Bertz CT molecular complexity index is 1330. The fourth-order valence-corrected chi connectivity index (χ4v) is 6.07. The van der Waals surface area contributed by atoms with Crippen molar-refractivity contribution in [1.82, 2.24) is 10.2 Å². The second-order valence-corrected chi connectivity index (χ2v) is 11.5. The number of amides is 2. The normalized spacial score (nSPS) is 21.5. The average molecular weight is 709 g/mol. The summed E-state index contributed by atoms with van der Waals surface area (Å²) in [7, 11) is 3.03. The average Bonchev–Trinajstić information content (AvgIpc) is 3.57. The highest BCUT2D eigenvalue weighted by molar-refractivity contribution is 14.1. The molecule has 4 unspecified atom stereocenters. The van der Waals surface area contributed by atoms with Crippen molar-refractivity contribution in [2.24, 2.45) is 5.92 Å². The van der Waals surface area contributed by atoms with Gasteiger partial charge in [0.1, 0.15) is 24.2 Å². The summed E-state index contributed by atoms with van der Waals surface area (Å²) < 4.78 is 23.2. The molecule has 1 fully saturated rings. The maximum atomic E-state index is 13.9. The van der Waals surface area contributed by atoms with Gasteiger partial charge in [0.05, 0.1) is 43.0 Å². The first-order valence-electron chi connectivity index (χ1n) is 14.1. The number of nitrogens with zero attached hydrogens (tertiary/aromatic N) is 1. The number of nitrogens with one attached hydrogen (secondary N) is 1. The van der Waals surface area contributed by atoms with Crippen LogP contribution in [0.5, 0.6) is 17.2 Å². The van der Waals surface area contributed by atoms with Gasteiger partial charge < -0.3 is 39.4 Å². The van der Waals surface area contributed by atoms with Crippen LogP contribution in [0.2, 0.25) is 0 Å². The summed E-state index contributed by atoms with van der Waals surface area (Å²) in [4.78, 5) is 40.1. The van der Waals surface area contributed by atoms with Gasteiger partial charge in [-0.05, 0) is 71.3 Å². The van der Waals surface area contributed by atoms with Crippen molar-refractivity contribution in [3.8, 4) is 17.2 Å². The van der Waals surface area contributed by atoms with E-state index in [-0.39, 0.29) is 50.3 Å². The molecule has 11 nitrogen and oxygen atoms in total. The molecule has 1 aliphatic carbocycles. The van der Waals surface area contributed by atoms with Crippen LogP contribution in [0.1, 0.15) is 28.8 Å². The lowest BCUT2D eigenvalue weighted by atomic mass is 9.87. The highest BCUT2D eigenvalue weighted by atomic mass is 127. The maximum Gasteiger partial charge on any atom is 0.247 e. The largest absolute Gasteiger partial charge is 0.497 e. The molecule has 3 N–H and O–H groups in total. The fourth-order valence-electron chi connectivity index (χ4n) is 5.32. The maximum absolute atomic E-state index is 13.9. The Morgan fingerprint density at radius 1 is 1.21 bits per heavy atom. The van der Waals surface area contributed by atoms with E-state index in [0.717, 1.165) is 5.56 Å². The van der Waals surface area contributed by atoms with Crippen LogP contribution in [-0.2, 0) is 20.7 Å². The zero-order valence-electron chi connectivity index (χ0n) is 24.2. The molecule has 12 heteroatoms. The summed E-state index contributed by atoms with van der Waals surface area (Å²) in [5.74, 6) is 0.317. The Kier molecular flexibility index (Phi) is 11.8. The number of hydrogen-bond acceptors (Lipinski definition) is 9. The Hall–Kier alpha value is -3.20. The molecule has 232 valence electrons. The van der Waals surface area contributed by atoms with E-state index in [9.17, 15) is 24.6 Å². The standard InChI is InChI=1S/C31H37IN2O9/c1-40-23-5-3-4-19(12-23)6-9-34(31(39)21-7-11-42-18-21)25-15-22(30(38)33-8-10-35)16-26(28(25)37)43-29-24(32)13-20(17-36)14-27(29)41-2/h3-5,12-14,16-17,21,25-26,28,35,37H,6-11,15,18H2,1-2H3,(H,33,38). The molecular weight excluding hydrogens is 671 g/mol. The number of halogens is 1. The molecule has 1 aliphatic heterocycles. The van der Waals surface area contributed by atoms with Crippen LogP contribution in [0.25, 0.3) is 0 Å². The first kappa shape index (κ1) is 32.7. The SMILES string of the molecule is COc1cccc(CCN(C(=O)C2CCOC2)C2CC(C(=O)NCCO)=CC(Oc3c(I)cc(C=O)cc3OC)C2O)c1. The van der Waals surface area contributed by atoms with Gasteiger partial charge in [0.25, 0.3) is 0 Å².